The zero-order valence-electron chi connectivity index (χ0n) is 10.0. The number of hydrogen-bond acceptors (Lipinski definition) is 3. The second-order valence-corrected chi connectivity index (χ2v) is 4.36. The van der Waals surface area contributed by atoms with Gasteiger partial charge in [-0.05, 0) is 24.5 Å². The predicted molar refractivity (Wildman–Crippen MR) is 68.8 cm³/mol. The maximum Gasteiger partial charge on any atom is 0.306 e. The average molecular weight is 273 g/mol. The standard InChI is InChI=1S/C13H17ClO4/c14-12-4-2-1-3-10(12)9-11(13(16)17)5-7-18-8-6-15/h1-4,11,15H,5-9H2,(H,16,17). The lowest BCUT2D eigenvalue weighted by Gasteiger charge is -2.13. The lowest BCUT2D eigenvalue weighted by Crippen LogP contribution is -2.19. The fourth-order valence-electron chi connectivity index (χ4n) is 1.63. The van der Waals surface area contributed by atoms with Crippen LogP contribution in [0.5, 0.6) is 0 Å². The molecule has 5 heteroatoms. The van der Waals surface area contributed by atoms with E-state index in [1.165, 1.54) is 0 Å². The SMILES string of the molecule is O=C(O)C(CCOCCO)Cc1ccccc1Cl. The molecule has 1 rings (SSSR count). The van der Waals surface area contributed by atoms with Crippen molar-refractivity contribution in [1.82, 2.24) is 0 Å². The number of carbonyl (C=O) groups is 1. The molecule has 0 saturated heterocycles. The first-order valence-corrected chi connectivity index (χ1v) is 6.17. The molecule has 2 N–H and O–H groups in total. The molecular weight excluding hydrogens is 256 g/mol. The topological polar surface area (TPSA) is 66.8 Å². The van der Waals surface area contributed by atoms with Crippen molar-refractivity contribution in [2.24, 2.45) is 5.92 Å². The van der Waals surface area contributed by atoms with Crippen molar-refractivity contribution in [2.45, 2.75) is 12.8 Å². The number of aliphatic hydroxyl groups is 1. The van der Waals surface area contributed by atoms with Gasteiger partial charge in [0, 0.05) is 11.6 Å². The van der Waals surface area contributed by atoms with Crippen LogP contribution in [0.25, 0.3) is 0 Å². The van der Waals surface area contributed by atoms with Gasteiger partial charge in [-0.25, -0.2) is 0 Å². The fourth-order valence-corrected chi connectivity index (χ4v) is 1.85. The summed E-state index contributed by atoms with van der Waals surface area (Å²) in [5.41, 5.74) is 0.828. The first-order chi connectivity index (χ1) is 8.65. The van der Waals surface area contributed by atoms with Gasteiger partial charge in [0.25, 0.3) is 0 Å². The van der Waals surface area contributed by atoms with Gasteiger partial charge in [-0.2, -0.15) is 0 Å². The zero-order chi connectivity index (χ0) is 13.4. The highest BCUT2D eigenvalue weighted by Crippen LogP contribution is 2.20. The number of rotatable bonds is 8. The monoisotopic (exact) mass is 272 g/mol. The lowest BCUT2D eigenvalue weighted by atomic mass is 9.96. The van der Waals surface area contributed by atoms with Crippen LogP contribution in [0.2, 0.25) is 5.02 Å². The minimum Gasteiger partial charge on any atom is -0.481 e. The maximum absolute atomic E-state index is 11.1. The highest BCUT2D eigenvalue weighted by Gasteiger charge is 2.18. The van der Waals surface area contributed by atoms with Gasteiger partial charge in [-0.1, -0.05) is 29.8 Å². The van der Waals surface area contributed by atoms with Crippen molar-refractivity contribution in [3.63, 3.8) is 0 Å². The molecule has 0 aliphatic heterocycles. The van der Waals surface area contributed by atoms with Crippen LogP contribution in [-0.2, 0) is 16.0 Å². The summed E-state index contributed by atoms with van der Waals surface area (Å²) < 4.78 is 5.09. The maximum atomic E-state index is 11.1. The van der Waals surface area contributed by atoms with E-state index in [4.69, 9.17) is 26.6 Å². The molecule has 100 valence electrons. The summed E-state index contributed by atoms with van der Waals surface area (Å²) in [4.78, 5) is 11.1. The Bertz CT molecular complexity index is 381. The van der Waals surface area contributed by atoms with Crippen molar-refractivity contribution in [2.75, 3.05) is 19.8 Å². The van der Waals surface area contributed by atoms with Crippen LogP contribution in [0.15, 0.2) is 24.3 Å². The molecule has 4 nitrogen and oxygen atoms in total. The molecular formula is C13H17ClO4. The number of hydrogen-bond donors (Lipinski definition) is 2. The third-order valence-corrected chi connectivity index (χ3v) is 2.99. The molecule has 0 aliphatic carbocycles. The summed E-state index contributed by atoms with van der Waals surface area (Å²) in [7, 11) is 0. The van der Waals surface area contributed by atoms with E-state index in [0.29, 0.717) is 24.5 Å². The lowest BCUT2D eigenvalue weighted by molar-refractivity contribution is -0.142. The normalized spacial score (nSPS) is 12.3. The number of carboxylic acids is 1. The van der Waals surface area contributed by atoms with Gasteiger partial charge >= 0.3 is 5.97 Å². The Morgan fingerprint density at radius 2 is 2.06 bits per heavy atom. The van der Waals surface area contributed by atoms with Gasteiger partial charge in [-0.15, -0.1) is 0 Å². The highest BCUT2D eigenvalue weighted by molar-refractivity contribution is 6.31. The Labute approximate surface area is 111 Å². The van der Waals surface area contributed by atoms with Crippen LogP contribution in [0.3, 0.4) is 0 Å². The zero-order valence-corrected chi connectivity index (χ0v) is 10.8. The van der Waals surface area contributed by atoms with Crippen LogP contribution >= 0.6 is 11.6 Å². The molecule has 0 radical (unpaired) electrons. The average Bonchev–Trinajstić information content (AvgIpc) is 2.35. The van der Waals surface area contributed by atoms with Gasteiger partial charge in [0.15, 0.2) is 0 Å². The quantitative estimate of drug-likeness (QED) is 0.710. The van der Waals surface area contributed by atoms with Gasteiger partial charge < -0.3 is 14.9 Å². The summed E-state index contributed by atoms with van der Waals surface area (Å²) in [6.07, 6.45) is 0.790. The second kappa shape index (κ2) is 8.08. The number of ether oxygens (including phenoxy) is 1. The molecule has 0 aromatic heterocycles. The van der Waals surface area contributed by atoms with Gasteiger partial charge in [0.2, 0.25) is 0 Å². The number of benzene rings is 1. The van der Waals surface area contributed by atoms with E-state index in [-0.39, 0.29) is 13.2 Å². The Morgan fingerprint density at radius 3 is 2.67 bits per heavy atom. The Balaban J connectivity index is 2.53. The van der Waals surface area contributed by atoms with Crippen molar-refractivity contribution >= 4 is 17.6 Å². The largest absolute Gasteiger partial charge is 0.481 e. The molecule has 0 aliphatic rings. The first kappa shape index (κ1) is 15.0. The summed E-state index contributed by atoms with van der Waals surface area (Å²) in [5.74, 6) is -1.38. The number of aliphatic carboxylic acids is 1. The van der Waals surface area contributed by atoms with Crippen molar-refractivity contribution in [3.05, 3.63) is 34.9 Å². The summed E-state index contributed by atoms with van der Waals surface area (Å²) >= 11 is 6.00. The number of halogens is 1. The van der Waals surface area contributed by atoms with Crippen LogP contribution in [0.1, 0.15) is 12.0 Å². The van der Waals surface area contributed by atoms with Crippen molar-refractivity contribution in [3.8, 4) is 0 Å². The van der Waals surface area contributed by atoms with E-state index >= 15 is 0 Å². The van der Waals surface area contributed by atoms with E-state index in [2.05, 4.69) is 0 Å². The van der Waals surface area contributed by atoms with Crippen LogP contribution in [0, 0.1) is 5.92 Å². The number of carboxylic acid groups (broad SMARTS) is 1. The summed E-state index contributed by atoms with van der Waals surface area (Å²) in [5, 5.41) is 18.3. The van der Waals surface area contributed by atoms with Crippen molar-refractivity contribution in [1.29, 1.82) is 0 Å². The van der Waals surface area contributed by atoms with Crippen LogP contribution in [0.4, 0.5) is 0 Å². The van der Waals surface area contributed by atoms with E-state index in [9.17, 15) is 4.79 Å². The van der Waals surface area contributed by atoms with Gasteiger partial charge in [-0.3, -0.25) is 4.79 Å². The first-order valence-electron chi connectivity index (χ1n) is 5.80. The molecule has 1 aromatic carbocycles. The third kappa shape index (κ3) is 5.04. The molecule has 0 saturated carbocycles. The number of aliphatic hydroxyl groups excluding tert-OH is 1. The Kier molecular flexibility index (Phi) is 6.72. The van der Waals surface area contributed by atoms with Crippen LogP contribution in [-0.4, -0.2) is 36.0 Å². The molecule has 0 bridgehead atoms. The molecule has 1 atom stereocenters. The molecule has 1 unspecified atom stereocenters. The molecule has 0 heterocycles. The third-order valence-electron chi connectivity index (χ3n) is 2.62. The van der Waals surface area contributed by atoms with E-state index in [1.807, 2.05) is 18.2 Å². The Hall–Kier alpha value is -1.10. The fraction of sp³-hybridized carbons (Fsp3) is 0.462. The Morgan fingerprint density at radius 1 is 1.33 bits per heavy atom. The van der Waals surface area contributed by atoms with E-state index < -0.39 is 11.9 Å². The predicted octanol–water partition coefficient (Wildman–Crippen LogP) is 1.98. The van der Waals surface area contributed by atoms with Crippen LogP contribution < -0.4 is 0 Å². The highest BCUT2D eigenvalue weighted by atomic mass is 35.5. The minimum absolute atomic E-state index is 0.0533. The molecule has 0 amide bonds. The molecule has 1 aromatic rings. The van der Waals surface area contributed by atoms with Gasteiger partial charge in [0.05, 0.1) is 19.1 Å². The molecule has 18 heavy (non-hydrogen) atoms. The summed E-state index contributed by atoms with van der Waals surface area (Å²) in [6.45, 7) is 0.503. The second-order valence-electron chi connectivity index (χ2n) is 3.96. The van der Waals surface area contributed by atoms with E-state index in [0.717, 1.165) is 5.56 Å². The molecule has 0 spiro atoms. The van der Waals surface area contributed by atoms with E-state index in [1.54, 1.807) is 6.07 Å². The van der Waals surface area contributed by atoms with Crippen molar-refractivity contribution < 1.29 is 19.7 Å². The molecule has 0 fully saturated rings. The smallest absolute Gasteiger partial charge is 0.306 e. The van der Waals surface area contributed by atoms with Gasteiger partial charge in [0.1, 0.15) is 0 Å². The summed E-state index contributed by atoms with van der Waals surface area (Å²) in [6, 6.07) is 7.22. The minimum atomic E-state index is -0.859.